The SMILES string of the molecule is CCCOc1cc(N(CC)CC(=O)N(C)C)ccc1N. The molecule has 0 saturated carbocycles. The molecule has 112 valence electrons. The number of hydrogen-bond acceptors (Lipinski definition) is 4. The summed E-state index contributed by atoms with van der Waals surface area (Å²) in [6.45, 7) is 5.80. The van der Waals surface area contributed by atoms with E-state index in [0.717, 1.165) is 18.7 Å². The van der Waals surface area contributed by atoms with Crippen LogP contribution in [0.3, 0.4) is 0 Å². The Hall–Kier alpha value is -1.91. The van der Waals surface area contributed by atoms with Crippen LogP contribution in [0.25, 0.3) is 0 Å². The number of carbonyl (C=O) groups excluding carboxylic acids is 1. The first-order valence-electron chi connectivity index (χ1n) is 6.97. The maximum absolute atomic E-state index is 11.8. The van der Waals surface area contributed by atoms with Crippen molar-refractivity contribution >= 4 is 17.3 Å². The van der Waals surface area contributed by atoms with E-state index in [0.29, 0.717) is 24.6 Å². The summed E-state index contributed by atoms with van der Waals surface area (Å²) in [5.74, 6) is 0.750. The number of benzene rings is 1. The van der Waals surface area contributed by atoms with Crippen molar-refractivity contribution in [3.8, 4) is 5.75 Å². The number of nitrogens with zero attached hydrogens (tertiary/aromatic N) is 2. The maximum Gasteiger partial charge on any atom is 0.241 e. The monoisotopic (exact) mass is 279 g/mol. The predicted molar refractivity (Wildman–Crippen MR) is 83.2 cm³/mol. The number of rotatable bonds is 7. The van der Waals surface area contributed by atoms with Crippen molar-refractivity contribution in [1.29, 1.82) is 0 Å². The van der Waals surface area contributed by atoms with Crippen molar-refractivity contribution in [2.24, 2.45) is 0 Å². The van der Waals surface area contributed by atoms with Gasteiger partial charge >= 0.3 is 0 Å². The molecule has 20 heavy (non-hydrogen) atoms. The minimum Gasteiger partial charge on any atom is -0.491 e. The molecule has 0 bridgehead atoms. The Kier molecular flexibility index (Phi) is 6.15. The number of nitrogen functional groups attached to an aromatic ring is 1. The molecule has 1 rings (SSSR count). The third kappa shape index (κ3) is 4.33. The van der Waals surface area contributed by atoms with Crippen LogP contribution < -0.4 is 15.4 Å². The topological polar surface area (TPSA) is 58.8 Å². The van der Waals surface area contributed by atoms with Gasteiger partial charge in [0.05, 0.1) is 18.8 Å². The number of amides is 1. The van der Waals surface area contributed by atoms with Gasteiger partial charge in [0.25, 0.3) is 0 Å². The third-order valence-corrected chi connectivity index (χ3v) is 3.03. The van der Waals surface area contributed by atoms with E-state index in [-0.39, 0.29) is 5.91 Å². The fourth-order valence-corrected chi connectivity index (χ4v) is 1.75. The molecule has 0 radical (unpaired) electrons. The molecule has 0 saturated heterocycles. The van der Waals surface area contributed by atoms with Crippen LogP contribution in [0.1, 0.15) is 20.3 Å². The molecule has 0 unspecified atom stereocenters. The Labute approximate surface area is 121 Å². The van der Waals surface area contributed by atoms with E-state index in [1.54, 1.807) is 19.0 Å². The van der Waals surface area contributed by atoms with Crippen LogP contribution >= 0.6 is 0 Å². The molecular formula is C15H25N3O2. The Balaban J connectivity index is 2.89. The van der Waals surface area contributed by atoms with Gasteiger partial charge in [0, 0.05) is 32.4 Å². The molecule has 0 aliphatic rings. The first-order chi connectivity index (χ1) is 9.49. The van der Waals surface area contributed by atoms with Crippen LogP contribution in [0.2, 0.25) is 0 Å². The molecule has 0 aromatic heterocycles. The largest absolute Gasteiger partial charge is 0.491 e. The Morgan fingerprint density at radius 2 is 2.00 bits per heavy atom. The Morgan fingerprint density at radius 1 is 1.30 bits per heavy atom. The summed E-state index contributed by atoms with van der Waals surface area (Å²) in [7, 11) is 3.52. The molecule has 2 N–H and O–H groups in total. The first kappa shape index (κ1) is 16.1. The highest BCUT2D eigenvalue weighted by molar-refractivity contribution is 5.81. The number of hydrogen-bond donors (Lipinski definition) is 1. The van der Waals surface area contributed by atoms with Gasteiger partial charge in [-0.25, -0.2) is 0 Å². The summed E-state index contributed by atoms with van der Waals surface area (Å²) in [4.78, 5) is 15.4. The highest BCUT2D eigenvalue weighted by Crippen LogP contribution is 2.27. The minimum absolute atomic E-state index is 0.0692. The molecule has 5 nitrogen and oxygen atoms in total. The van der Waals surface area contributed by atoms with Gasteiger partial charge in [-0.3, -0.25) is 4.79 Å². The highest BCUT2D eigenvalue weighted by Gasteiger charge is 2.13. The van der Waals surface area contributed by atoms with Gasteiger partial charge in [-0.05, 0) is 25.5 Å². The van der Waals surface area contributed by atoms with Crippen molar-refractivity contribution in [2.45, 2.75) is 20.3 Å². The average molecular weight is 279 g/mol. The second-order valence-electron chi connectivity index (χ2n) is 4.87. The van der Waals surface area contributed by atoms with Crippen molar-refractivity contribution in [3.05, 3.63) is 18.2 Å². The van der Waals surface area contributed by atoms with Crippen LogP contribution in [0.4, 0.5) is 11.4 Å². The van der Waals surface area contributed by atoms with Crippen molar-refractivity contribution < 1.29 is 9.53 Å². The fraction of sp³-hybridized carbons (Fsp3) is 0.533. The van der Waals surface area contributed by atoms with E-state index in [4.69, 9.17) is 10.5 Å². The van der Waals surface area contributed by atoms with Gasteiger partial charge in [0.2, 0.25) is 5.91 Å². The molecule has 1 aromatic carbocycles. The van der Waals surface area contributed by atoms with Gasteiger partial charge in [-0.15, -0.1) is 0 Å². The summed E-state index contributed by atoms with van der Waals surface area (Å²) >= 11 is 0. The van der Waals surface area contributed by atoms with E-state index in [1.807, 2.05) is 36.9 Å². The van der Waals surface area contributed by atoms with Gasteiger partial charge in [0.1, 0.15) is 5.75 Å². The average Bonchev–Trinajstić information content (AvgIpc) is 2.43. The van der Waals surface area contributed by atoms with Crippen molar-refractivity contribution in [1.82, 2.24) is 4.90 Å². The molecular weight excluding hydrogens is 254 g/mol. The summed E-state index contributed by atoms with van der Waals surface area (Å²) < 4.78 is 5.63. The Bertz CT molecular complexity index is 447. The zero-order valence-corrected chi connectivity index (χ0v) is 12.8. The quantitative estimate of drug-likeness (QED) is 0.775. The molecule has 1 aromatic rings. The number of likely N-dealkylation sites (N-methyl/N-ethyl adjacent to an activating group) is 2. The van der Waals surface area contributed by atoms with E-state index < -0.39 is 0 Å². The van der Waals surface area contributed by atoms with Crippen molar-refractivity contribution in [3.63, 3.8) is 0 Å². The molecule has 0 aliphatic carbocycles. The van der Waals surface area contributed by atoms with Crippen molar-refractivity contribution in [2.75, 3.05) is 44.4 Å². The molecule has 0 heterocycles. The normalized spacial score (nSPS) is 10.2. The van der Waals surface area contributed by atoms with Crippen LogP contribution in [0.15, 0.2) is 18.2 Å². The lowest BCUT2D eigenvalue weighted by atomic mass is 10.2. The molecule has 5 heteroatoms. The second kappa shape index (κ2) is 7.62. The standard InChI is InChI=1S/C15H25N3O2/c1-5-9-20-14-10-12(7-8-13(14)16)18(6-2)11-15(19)17(3)4/h7-8,10H,5-6,9,11,16H2,1-4H3. The maximum atomic E-state index is 11.8. The van der Waals surface area contributed by atoms with E-state index >= 15 is 0 Å². The van der Waals surface area contributed by atoms with Gasteiger partial charge in [0.15, 0.2) is 0 Å². The summed E-state index contributed by atoms with van der Waals surface area (Å²) in [5.41, 5.74) is 7.47. The summed E-state index contributed by atoms with van der Waals surface area (Å²) in [6.07, 6.45) is 0.931. The zero-order chi connectivity index (χ0) is 15.1. The molecule has 0 spiro atoms. The van der Waals surface area contributed by atoms with E-state index in [9.17, 15) is 4.79 Å². The predicted octanol–water partition coefficient (Wildman–Crippen LogP) is 1.97. The van der Waals surface area contributed by atoms with Crippen LogP contribution in [0.5, 0.6) is 5.75 Å². The second-order valence-corrected chi connectivity index (χ2v) is 4.87. The number of ether oxygens (including phenoxy) is 1. The molecule has 1 amide bonds. The van der Waals surface area contributed by atoms with Gasteiger partial charge < -0.3 is 20.3 Å². The minimum atomic E-state index is 0.0692. The van der Waals surface area contributed by atoms with Gasteiger partial charge in [-0.2, -0.15) is 0 Å². The lowest BCUT2D eigenvalue weighted by Gasteiger charge is -2.25. The number of nitrogens with two attached hydrogens (primary N) is 1. The van der Waals surface area contributed by atoms with Crippen LogP contribution in [-0.4, -0.2) is 44.6 Å². The summed E-state index contributed by atoms with van der Waals surface area (Å²) in [5, 5.41) is 0. The molecule has 0 fully saturated rings. The number of anilines is 2. The Morgan fingerprint density at radius 3 is 2.55 bits per heavy atom. The smallest absolute Gasteiger partial charge is 0.241 e. The van der Waals surface area contributed by atoms with Gasteiger partial charge in [-0.1, -0.05) is 6.92 Å². The first-order valence-corrected chi connectivity index (χ1v) is 6.97. The fourth-order valence-electron chi connectivity index (χ4n) is 1.75. The van der Waals surface area contributed by atoms with E-state index in [2.05, 4.69) is 0 Å². The highest BCUT2D eigenvalue weighted by atomic mass is 16.5. The third-order valence-electron chi connectivity index (χ3n) is 3.03. The van der Waals surface area contributed by atoms with E-state index in [1.165, 1.54) is 0 Å². The zero-order valence-electron chi connectivity index (χ0n) is 12.8. The molecule has 0 aliphatic heterocycles. The number of carbonyl (C=O) groups is 1. The molecule has 0 atom stereocenters. The van der Waals surface area contributed by atoms with Crippen LogP contribution in [0, 0.1) is 0 Å². The lowest BCUT2D eigenvalue weighted by molar-refractivity contribution is -0.127. The lowest BCUT2D eigenvalue weighted by Crippen LogP contribution is -2.36. The summed E-state index contributed by atoms with van der Waals surface area (Å²) in [6, 6.07) is 5.64. The van der Waals surface area contributed by atoms with Crippen LogP contribution in [-0.2, 0) is 4.79 Å².